The van der Waals surface area contributed by atoms with Gasteiger partial charge in [0.1, 0.15) is 0 Å². The van der Waals surface area contributed by atoms with Crippen LogP contribution < -0.4 is 15.5 Å². The summed E-state index contributed by atoms with van der Waals surface area (Å²) in [5.41, 5.74) is 4.94. The van der Waals surface area contributed by atoms with Gasteiger partial charge >= 0.3 is 6.03 Å². The average Bonchev–Trinajstić information content (AvgIpc) is 2.60. The molecule has 2 aromatic rings. The molecule has 27 heavy (non-hydrogen) atoms. The monoisotopic (exact) mass is 366 g/mol. The van der Waals surface area contributed by atoms with Gasteiger partial charge in [-0.25, -0.2) is 4.79 Å². The smallest absolute Gasteiger partial charge is 0.321 e. The molecule has 6 nitrogen and oxygen atoms in total. The Hall–Kier alpha value is -3.02. The van der Waals surface area contributed by atoms with Gasteiger partial charge in [0.15, 0.2) is 0 Å². The lowest BCUT2D eigenvalue weighted by Crippen LogP contribution is -2.50. The highest BCUT2D eigenvalue weighted by Gasteiger charge is 2.21. The lowest BCUT2D eigenvalue weighted by atomic mass is 10.1. The summed E-state index contributed by atoms with van der Waals surface area (Å²) in [7, 11) is 0. The molecule has 0 radical (unpaired) electrons. The molecule has 0 aliphatic carbocycles. The van der Waals surface area contributed by atoms with E-state index in [-0.39, 0.29) is 11.9 Å². The molecule has 1 fully saturated rings. The van der Waals surface area contributed by atoms with Gasteiger partial charge in [0.25, 0.3) is 0 Å². The van der Waals surface area contributed by atoms with Gasteiger partial charge in [0, 0.05) is 50.2 Å². The standard InChI is InChI=1S/C21H26N4O2/c1-15-11-16(2)13-19(12-15)23-21(27)25-9-7-24(8-10-25)20-6-4-5-18(14-20)22-17(3)26/h4-6,11-14H,7-10H2,1-3H3,(H,22,26)(H,23,27). The van der Waals surface area contributed by atoms with Crippen molar-refractivity contribution in [3.05, 3.63) is 53.6 Å². The number of piperazine rings is 1. The average molecular weight is 366 g/mol. The summed E-state index contributed by atoms with van der Waals surface area (Å²) in [6.07, 6.45) is 0. The fraction of sp³-hybridized carbons (Fsp3) is 0.333. The number of nitrogens with one attached hydrogen (secondary N) is 2. The van der Waals surface area contributed by atoms with Crippen molar-refractivity contribution in [2.75, 3.05) is 41.7 Å². The highest BCUT2D eigenvalue weighted by atomic mass is 16.2. The van der Waals surface area contributed by atoms with Crippen molar-refractivity contribution in [3.63, 3.8) is 0 Å². The molecule has 0 aromatic heterocycles. The largest absolute Gasteiger partial charge is 0.368 e. The minimum absolute atomic E-state index is 0.0633. The van der Waals surface area contributed by atoms with E-state index in [1.165, 1.54) is 6.92 Å². The maximum Gasteiger partial charge on any atom is 0.321 e. The minimum atomic E-state index is -0.0833. The van der Waals surface area contributed by atoms with E-state index in [1.807, 2.05) is 55.1 Å². The lowest BCUT2D eigenvalue weighted by Gasteiger charge is -2.36. The molecule has 0 spiro atoms. The number of aryl methyl sites for hydroxylation is 2. The normalized spacial score (nSPS) is 14.0. The van der Waals surface area contributed by atoms with E-state index in [9.17, 15) is 9.59 Å². The van der Waals surface area contributed by atoms with Crippen LogP contribution in [0.5, 0.6) is 0 Å². The topological polar surface area (TPSA) is 64.7 Å². The van der Waals surface area contributed by atoms with Crippen LogP contribution in [0.15, 0.2) is 42.5 Å². The van der Waals surface area contributed by atoms with Crippen LogP contribution in [-0.2, 0) is 4.79 Å². The SMILES string of the molecule is CC(=O)Nc1cccc(N2CCN(C(=O)Nc3cc(C)cc(C)c3)CC2)c1. The van der Waals surface area contributed by atoms with E-state index in [0.29, 0.717) is 13.1 Å². The first-order chi connectivity index (χ1) is 12.9. The van der Waals surface area contributed by atoms with Gasteiger partial charge in [0.2, 0.25) is 5.91 Å². The molecule has 1 heterocycles. The van der Waals surface area contributed by atoms with Crippen LogP contribution in [0.4, 0.5) is 21.9 Å². The predicted octanol–water partition coefficient (Wildman–Crippen LogP) is 3.62. The highest BCUT2D eigenvalue weighted by Crippen LogP contribution is 2.21. The zero-order chi connectivity index (χ0) is 19.4. The van der Waals surface area contributed by atoms with E-state index >= 15 is 0 Å². The highest BCUT2D eigenvalue weighted by molar-refractivity contribution is 5.90. The summed E-state index contributed by atoms with van der Waals surface area (Å²) in [5, 5.41) is 5.81. The molecule has 6 heteroatoms. The second kappa shape index (κ2) is 8.12. The number of hydrogen-bond donors (Lipinski definition) is 2. The van der Waals surface area contributed by atoms with Crippen molar-refractivity contribution in [2.45, 2.75) is 20.8 Å². The Labute approximate surface area is 160 Å². The number of benzene rings is 2. The molecule has 0 atom stereocenters. The molecule has 3 amide bonds. The van der Waals surface area contributed by atoms with Crippen LogP contribution >= 0.6 is 0 Å². The molecule has 2 aromatic carbocycles. The van der Waals surface area contributed by atoms with Crippen LogP contribution in [0, 0.1) is 13.8 Å². The van der Waals surface area contributed by atoms with Gasteiger partial charge in [-0.3, -0.25) is 4.79 Å². The van der Waals surface area contributed by atoms with Crippen molar-refractivity contribution < 1.29 is 9.59 Å². The van der Waals surface area contributed by atoms with E-state index in [4.69, 9.17) is 0 Å². The number of carbonyl (C=O) groups excluding carboxylic acids is 2. The number of nitrogens with zero attached hydrogens (tertiary/aromatic N) is 2. The molecule has 2 N–H and O–H groups in total. The van der Waals surface area contributed by atoms with Crippen LogP contribution in [0.3, 0.4) is 0 Å². The van der Waals surface area contributed by atoms with Crippen LogP contribution in [-0.4, -0.2) is 43.0 Å². The number of urea groups is 1. The number of hydrogen-bond acceptors (Lipinski definition) is 3. The maximum absolute atomic E-state index is 12.6. The number of carbonyl (C=O) groups is 2. The Morgan fingerprint density at radius 2 is 1.52 bits per heavy atom. The van der Waals surface area contributed by atoms with Crippen LogP contribution in [0.1, 0.15) is 18.1 Å². The summed E-state index contributed by atoms with van der Waals surface area (Å²) in [6, 6.07) is 13.8. The first-order valence-corrected chi connectivity index (χ1v) is 9.17. The fourth-order valence-corrected chi connectivity index (χ4v) is 3.40. The van der Waals surface area contributed by atoms with Gasteiger partial charge in [-0.15, -0.1) is 0 Å². The lowest BCUT2D eigenvalue weighted by molar-refractivity contribution is -0.114. The number of anilines is 3. The summed E-state index contributed by atoms with van der Waals surface area (Å²) < 4.78 is 0. The molecule has 3 rings (SSSR count). The van der Waals surface area contributed by atoms with Crippen molar-refractivity contribution in [1.82, 2.24) is 4.90 Å². The predicted molar refractivity (Wildman–Crippen MR) is 109 cm³/mol. The maximum atomic E-state index is 12.6. The molecule has 1 aliphatic rings. The third-order valence-corrected chi connectivity index (χ3v) is 4.57. The van der Waals surface area contributed by atoms with Crippen molar-refractivity contribution in [3.8, 4) is 0 Å². The summed E-state index contributed by atoms with van der Waals surface area (Å²) in [5.74, 6) is -0.0833. The Morgan fingerprint density at radius 3 is 2.15 bits per heavy atom. The molecule has 1 aliphatic heterocycles. The molecule has 142 valence electrons. The van der Waals surface area contributed by atoms with Crippen LogP contribution in [0.25, 0.3) is 0 Å². The second-order valence-corrected chi connectivity index (χ2v) is 7.01. The zero-order valence-corrected chi connectivity index (χ0v) is 16.1. The second-order valence-electron chi connectivity index (χ2n) is 7.01. The summed E-state index contributed by atoms with van der Waals surface area (Å²) >= 11 is 0. The van der Waals surface area contributed by atoms with E-state index in [2.05, 4.69) is 21.6 Å². The Bertz CT molecular complexity index is 822. The van der Waals surface area contributed by atoms with Crippen molar-refractivity contribution >= 4 is 29.0 Å². The molecule has 0 bridgehead atoms. The van der Waals surface area contributed by atoms with Crippen LogP contribution in [0.2, 0.25) is 0 Å². The van der Waals surface area contributed by atoms with Gasteiger partial charge in [-0.2, -0.15) is 0 Å². The third-order valence-electron chi connectivity index (χ3n) is 4.57. The molecule has 1 saturated heterocycles. The van der Waals surface area contributed by atoms with Gasteiger partial charge in [-0.05, 0) is 55.3 Å². The van der Waals surface area contributed by atoms with Gasteiger partial charge in [0.05, 0.1) is 0 Å². The Morgan fingerprint density at radius 1 is 0.852 bits per heavy atom. The molecule has 0 saturated carbocycles. The van der Waals surface area contributed by atoms with Gasteiger partial charge in [-0.1, -0.05) is 12.1 Å². The van der Waals surface area contributed by atoms with E-state index in [1.54, 1.807) is 0 Å². The first-order valence-electron chi connectivity index (χ1n) is 9.17. The molecular formula is C21H26N4O2. The van der Waals surface area contributed by atoms with Crippen molar-refractivity contribution in [1.29, 1.82) is 0 Å². The van der Waals surface area contributed by atoms with E-state index in [0.717, 1.165) is 41.3 Å². The zero-order valence-electron chi connectivity index (χ0n) is 16.1. The Kier molecular flexibility index (Phi) is 5.64. The quantitative estimate of drug-likeness (QED) is 0.872. The van der Waals surface area contributed by atoms with Gasteiger partial charge < -0.3 is 20.4 Å². The third kappa shape index (κ3) is 5.00. The minimum Gasteiger partial charge on any atom is -0.368 e. The summed E-state index contributed by atoms with van der Waals surface area (Å²) in [6.45, 7) is 8.36. The molecule has 0 unspecified atom stereocenters. The number of rotatable bonds is 3. The fourth-order valence-electron chi connectivity index (χ4n) is 3.40. The molecular weight excluding hydrogens is 340 g/mol. The number of amides is 3. The Balaban J connectivity index is 1.58. The van der Waals surface area contributed by atoms with E-state index < -0.39 is 0 Å². The first kappa shape index (κ1) is 18.8. The van der Waals surface area contributed by atoms with Crippen molar-refractivity contribution in [2.24, 2.45) is 0 Å². The summed E-state index contributed by atoms with van der Waals surface area (Å²) in [4.78, 5) is 27.9.